The highest BCUT2D eigenvalue weighted by Gasteiger charge is 2.32. The monoisotopic (exact) mass is 435 g/mol. The molecule has 1 unspecified atom stereocenters. The molecule has 2 heterocycles. The topological polar surface area (TPSA) is 39.9 Å². The fraction of sp³-hybridized carbons (Fsp3) is 0.333. The molecule has 0 saturated heterocycles. The van der Waals surface area contributed by atoms with Gasteiger partial charge in [0, 0.05) is 23.3 Å². The molecule has 1 atom stereocenters. The van der Waals surface area contributed by atoms with Crippen LogP contribution in [-0.2, 0) is 5.41 Å². The van der Waals surface area contributed by atoms with E-state index >= 15 is 0 Å². The maximum atomic E-state index is 10.2. The third-order valence-corrected chi connectivity index (χ3v) is 7.03. The molecule has 0 N–H and O–H groups in total. The molecule has 0 fully saturated rings. The van der Waals surface area contributed by atoms with Crippen LogP contribution in [0.25, 0.3) is 17.0 Å². The summed E-state index contributed by atoms with van der Waals surface area (Å²) in [6.07, 6.45) is 9.06. The molecule has 0 radical (unpaired) electrons. The molecule has 2 aromatic carbocycles. The number of benzene rings is 2. The summed E-state index contributed by atoms with van der Waals surface area (Å²) >= 11 is 0. The number of nitriles is 1. The molecule has 1 aliphatic rings. The van der Waals surface area contributed by atoms with Gasteiger partial charge in [0.2, 0.25) is 0 Å². The van der Waals surface area contributed by atoms with Gasteiger partial charge in [-0.25, -0.2) is 0 Å². The second-order valence-corrected chi connectivity index (χ2v) is 8.77. The number of anilines is 1. The van der Waals surface area contributed by atoms with E-state index in [0.717, 1.165) is 55.2 Å². The van der Waals surface area contributed by atoms with Gasteiger partial charge in [-0.05, 0) is 74.4 Å². The Labute approximate surface area is 198 Å². The Morgan fingerprint density at radius 2 is 1.76 bits per heavy atom. The number of hydrogen-bond acceptors (Lipinski definition) is 3. The predicted octanol–water partition coefficient (Wildman–Crippen LogP) is 7.79. The van der Waals surface area contributed by atoms with Crippen molar-refractivity contribution in [3.63, 3.8) is 0 Å². The molecule has 33 heavy (non-hydrogen) atoms. The Kier molecular flexibility index (Phi) is 6.94. The Balaban J connectivity index is 1.57. The van der Waals surface area contributed by atoms with Crippen LogP contribution in [0.3, 0.4) is 0 Å². The van der Waals surface area contributed by atoms with Crippen LogP contribution in [0.4, 0.5) is 5.69 Å². The molecule has 3 nitrogen and oxygen atoms in total. The first kappa shape index (κ1) is 22.8. The van der Waals surface area contributed by atoms with Crippen molar-refractivity contribution in [3.05, 3.63) is 89.3 Å². The Hall–Kier alpha value is -3.38. The van der Waals surface area contributed by atoms with Gasteiger partial charge in [0.15, 0.2) is 0 Å². The van der Waals surface area contributed by atoms with E-state index in [2.05, 4.69) is 80.3 Å². The lowest BCUT2D eigenvalue weighted by atomic mass is 9.77. The zero-order valence-corrected chi connectivity index (χ0v) is 20.0. The van der Waals surface area contributed by atoms with Gasteiger partial charge in [0.25, 0.3) is 0 Å². The summed E-state index contributed by atoms with van der Waals surface area (Å²) in [4.78, 5) is 7.32. The van der Waals surface area contributed by atoms with Gasteiger partial charge in [-0.2, -0.15) is 5.26 Å². The first-order chi connectivity index (χ1) is 16.2. The maximum absolute atomic E-state index is 10.2. The molecule has 3 heteroatoms. The lowest BCUT2D eigenvalue weighted by Gasteiger charge is -2.32. The van der Waals surface area contributed by atoms with Crippen LogP contribution in [0, 0.1) is 11.3 Å². The SMILES string of the molecule is CCC(CCCC(C#N)(CC)c1ccc2ccccc2n1)=C1C=Cc2ccccc2N1CC. The summed E-state index contributed by atoms with van der Waals surface area (Å²) in [5.41, 5.74) is 6.65. The number of aromatic nitrogens is 1. The summed E-state index contributed by atoms with van der Waals surface area (Å²) in [5, 5.41) is 11.4. The zero-order valence-electron chi connectivity index (χ0n) is 20.0. The van der Waals surface area contributed by atoms with E-state index in [0.29, 0.717) is 0 Å². The highest BCUT2D eigenvalue weighted by molar-refractivity contribution is 5.79. The van der Waals surface area contributed by atoms with Crippen LogP contribution in [-0.4, -0.2) is 11.5 Å². The van der Waals surface area contributed by atoms with Gasteiger partial charge in [0.1, 0.15) is 0 Å². The number of hydrogen-bond donors (Lipinski definition) is 0. The van der Waals surface area contributed by atoms with Crippen LogP contribution in [0.1, 0.15) is 64.1 Å². The van der Waals surface area contributed by atoms with Crippen molar-refractivity contribution in [2.24, 2.45) is 0 Å². The summed E-state index contributed by atoms with van der Waals surface area (Å²) in [7, 11) is 0. The third-order valence-electron chi connectivity index (χ3n) is 7.03. The maximum Gasteiger partial charge on any atom is 0.0990 e. The Morgan fingerprint density at radius 3 is 2.52 bits per heavy atom. The molecule has 0 amide bonds. The average molecular weight is 436 g/mol. The van der Waals surface area contributed by atoms with Gasteiger partial charge in [-0.15, -0.1) is 0 Å². The van der Waals surface area contributed by atoms with Crippen molar-refractivity contribution >= 4 is 22.7 Å². The lowest BCUT2D eigenvalue weighted by molar-refractivity contribution is 0.455. The predicted molar refractivity (Wildman–Crippen MR) is 139 cm³/mol. The van der Waals surface area contributed by atoms with Gasteiger partial charge in [-0.3, -0.25) is 4.98 Å². The molecule has 0 bridgehead atoms. The second kappa shape index (κ2) is 10.0. The number of para-hydroxylation sites is 2. The highest BCUT2D eigenvalue weighted by atomic mass is 15.1. The molecule has 0 spiro atoms. The summed E-state index contributed by atoms with van der Waals surface area (Å²) in [5.74, 6) is 0. The van der Waals surface area contributed by atoms with E-state index in [9.17, 15) is 5.26 Å². The Morgan fingerprint density at radius 1 is 0.970 bits per heavy atom. The minimum absolute atomic E-state index is 0.549. The molecule has 0 aliphatic carbocycles. The average Bonchev–Trinajstić information content (AvgIpc) is 2.88. The number of likely N-dealkylation sites (N-methyl/N-ethyl adjacent to an activating group) is 1. The van der Waals surface area contributed by atoms with Crippen LogP contribution in [0.15, 0.2) is 78.0 Å². The minimum atomic E-state index is -0.549. The molecule has 1 aromatic heterocycles. The normalized spacial score (nSPS) is 16.2. The fourth-order valence-corrected chi connectivity index (χ4v) is 5.01. The quantitative estimate of drug-likeness (QED) is 0.362. The molecule has 3 aromatic rings. The van der Waals surface area contributed by atoms with Crippen molar-refractivity contribution in [3.8, 4) is 6.07 Å². The van der Waals surface area contributed by atoms with Crippen LogP contribution >= 0.6 is 0 Å². The highest BCUT2D eigenvalue weighted by Crippen LogP contribution is 2.36. The zero-order chi connectivity index (χ0) is 23.3. The van der Waals surface area contributed by atoms with E-state index in [1.165, 1.54) is 22.5 Å². The number of allylic oxidation sites excluding steroid dienone is 2. The van der Waals surface area contributed by atoms with Gasteiger partial charge in [-0.1, -0.05) is 62.4 Å². The largest absolute Gasteiger partial charge is 0.341 e. The first-order valence-electron chi connectivity index (χ1n) is 12.2. The number of fused-ring (bicyclic) bond motifs is 2. The standard InChI is InChI=1S/C30H33N3/c1-4-23(28-19-17-25-13-8-10-16-27(25)33(28)6-3)14-11-21-30(5-2,22-31)29-20-18-24-12-7-9-15-26(24)32-29/h7-10,12-13,15-20H,4-6,11,14,21H2,1-3H3. The van der Waals surface area contributed by atoms with Crippen LogP contribution in [0.5, 0.6) is 0 Å². The van der Waals surface area contributed by atoms with E-state index in [-0.39, 0.29) is 0 Å². The number of rotatable bonds is 8. The summed E-state index contributed by atoms with van der Waals surface area (Å²) in [6, 6.07) is 23.5. The van der Waals surface area contributed by atoms with E-state index in [1.54, 1.807) is 0 Å². The molecule has 168 valence electrons. The summed E-state index contributed by atoms with van der Waals surface area (Å²) in [6.45, 7) is 7.51. The van der Waals surface area contributed by atoms with Crippen molar-refractivity contribution in [1.82, 2.24) is 4.98 Å². The van der Waals surface area contributed by atoms with E-state index < -0.39 is 5.41 Å². The van der Waals surface area contributed by atoms with E-state index in [4.69, 9.17) is 4.98 Å². The van der Waals surface area contributed by atoms with Gasteiger partial charge >= 0.3 is 0 Å². The van der Waals surface area contributed by atoms with Gasteiger partial charge in [0.05, 0.1) is 22.7 Å². The van der Waals surface area contributed by atoms with Crippen molar-refractivity contribution in [2.75, 3.05) is 11.4 Å². The smallest absolute Gasteiger partial charge is 0.0990 e. The molecular weight excluding hydrogens is 402 g/mol. The third kappa shape index (κ3) is 4.44. The molecule has 1 aliphatic heterocycles. The van der Waals surface area contributed by atoms with Crippen molar-refractivity contribution in [1.29, 1.82) is 5.26 Å². The fourth-order valence-electron chi connectivity index (χ4n) is 5.01. The summed E-state index contributed by atoms with van der Waals surface area (Å²) < 4.78 is 0. The number of nitrogens with zero attached hydrogens (tertiary/aromatic N) is 3. The minimum Gasteiger partial charge on any atom is -0.341 e. The van der Waals surface area contributed by atoms with Crippen LogP contribution in [0.2, 0.25) is 0 Å². The van der Waals surface area contributed by atoms with Crippen LogP contribution < -0.4 is 4.90 Å². The van der Waals surface area contributed by atoms with Gasteiger partial charge < -0.3 is 4.90 Å². The van der Waals surface area contributed by atoms with Crippen molar-refractivity contribution in [2.45, 2.75) is 58.3 Å². The number of pyridine rings is 1. The first-order valence-corrected chi connectivity index (χ1v) is 12.2. The lowest BCUT2D eigenvalue weighted by Crippen LogP contribution is -2.26. The van der Waals surface area contributed by atoms with Crippen molar-refractivity contribution < 1.29 is 0 Å². The molecular formula is C30H33N3. The van der Waals surface area contributed by atoms with E-state index in [1.807, 2.05) is 24.3 Å². The molecule has 4 rings (SSSR count). The second-order valence-electron chi connectivity index (χ2n) is 8.77. The Bertz CT molecular complexity index is 1230. The molecule has 0 saturated carbocycles.